The monoisotopic (exact) mass is 212 g/mol. The average Bonchev–Trinajstić information content (AvgIpc) is 2.18. The number of aromatic nitrogens is 2. The summed E-state index contributed by atoms with van der Waals surface area (Å²) in [7, 11) is 3.37. The van der Waals surface area contributed by atoms with Crippen LogP contribution in [0.25, 0.3) is 0 Å². The van der Waals surface area contributed by atoms with Gasteiger partial charge in [-0.3, -0.25) is 0 Å². The number of nitrogens with two attached hydrogens (primary N) is 1. The Bertz CT molecular complexity index is 308. The molecule has 0 radical (unpaired) electrons. The maximum atomic E-state index is 9.51. The van der Waals surface area contributed by atoms with Gasteiger partial charge in [-0.25, -0.2) is 9.97 Å². The van der Waals surface area contributed by atoms with Crippen molar-refractivity contribution in [3.63, 3.8) is 0 Å². The van der Waals surface area contributed by atoms with E-state index in [-0.39, 0.29) is 0 Å². The van der Waals surface area contributed by atoms with Gasteiger partial charge in [-0.15, -0.1) is 0 Å². The van der Waals surface area contributed by atoms with E-state index in [0.29, 0.717) is 24.8 Å². The number of ether oxygens (including phenoxy) is 1. The first-order valence-corrected chi connectivity index (χ1v) is 4.59. The Morgan fingerprint density at radius 3 is 2.93 bits per heavy atom. The molecule has 0 aliphatic carbocycles. The van der Waals surface area contributed by atoms with E-state index in [1.807, 2.05) is 7.05 Å². The van der Waals surface area contributed by atoms with Gasteiger partial charge in [0.2, 0.25) is 0 Å². The number of methoxy groups -OCH3 is 1. The van der Waals surface area contributed by atoms with Crippen molar-refractivity contribution in [2.24, 2.45) is 0 Å². The topological polar surface area (TPSA) is 84.5 Å². The van der Waals surface area contributed by atoms with Gasteiger partial charge >= 0.3 is 0 Å². The van der Waals surface area contributed by atoms with Crippen LogP contribution < -0.4 is 10.6 Å². The summed E-state index contributed by atoms with van der Waals surface area (Å²) in [5.74, 6) is 1.09. The van der Waals surface area contributed by atoms with Crippen LogP contribution in [0, 0.1) is 0 Å². The van der Waals surface area contributed by atoms with Gasteiger partial charge in [0, 0.05) is 26.8 Å². The first kappa shape index (κ1) is 11.7. The number of hydrogen-bond donors (Lipinski definition) is 2. The lowest BCUT2D eigenvalue weighted by Gasteiger charge is -2.21. The molecule has 0 aromatic carbocycles. The molecule has 1 heterocycles. The van der Waals surface area contributed by atoms with Crippen LogP contribution in [0.1, 0.15) is 0 Å². The van der Waals surface area contributed by atoms with Gasteiger partial charge in [-0.1, -0.05) is 0 Å². The Hall–Kier alpha value is -1.40. The molecule has 1 rings (SSSR count). The fraction of sp³-hybridized carbons (Fsp3) is 0.556. The van der Waals surface area contributed by atoms with Gasteiger partial charge in [0.05, 0.1) is 12.7 Å². The molecule has 0 fully saturated rings. The van der Waals surface area contributed by atoms with Crippen molar-refractivity contribution in [1.29, 1.82) is 0 Å². The summed E-state index contributed by atoms with van der Waals surface area (Å²) in [5.41, 5.74) is 5.52. The second kappa shape index (κ2) is 5.47. The van der Waals surface area contributed by atoms with Crippen molar-refractivity contribution < 1.29 is 9.84 Å². The molecule has 0 bridgehead atoms. The van der Waals surface area contributed by atoms with E-state index in [1.165, 1.54) is 6.33 Å². The van der Waals surface area contributed by atoms with Crippen LogP contribution in [0.4, 0.5) is 11.6 Å². The second-order valence-electron chi connectivity index (χ2n) is 3.29. The van der Waals surface area contributed by atoms with Gasteiger partial charge < -0.3 is 20.5 Å². The third-order valence-electron chi connectivity index (χ3n) is 1.91. The van der Waals surface area contributed by atoms with E-state index in [4.69, 9.17) is 10.5 Å². The summed E-state index contributed by atoms with van der Waals surface area (Å²) < 4.78 is 4.83. The Kier molecular flexibility index (Phi) is 4.26. The Morgan fingerprint density at radius 1 is 1.60 bits per heavy atom. The molecular weight excluding hydrogens is 196 g/mol. The molecule has 15 heavy (non-hydrogen) atoms. The van der Waals surface area contributed by atoms with Crippen molar-refractivity contribution in [1.82, 2.24) is 9.97 Å². The SMILES string of the molecule is COCC(O)CN(C)c1cc(N)ncn1. The van der Waals surface area contributed by atoms with Gasteiger partial charge in [-0.05, 0) is 0 Å². The van der Waals surface area contributed by atoms with Crippen molar-refractivity contribution in [2.75, 3.05) is 37.9 Å². The second-order valence-corrected chi connectivity index (χ2v) is 3.29. The molecule has 0 spiro atoms. The highest BCUT2D eigenvalue weighted by Crippen LogP contribution is 2.10. The fourth-order valence-electron chi connectivity index (χ4n) is 1.22. The van der Waals surface area contributed by atoms with Crippen LogP contribution in [0.2, 0.25) is 0 Å². The zero-order chi connectivity index (χ0) is 11.3. The molecule has 0 saturated heterocycles. The van der Waals surface area contributed by atoms with Crippen LogP contribution in [0.3, 0.4) is 0 Å². The van der Waals surface area contributed by atoms with Gasteiger partial charge in [0.1, 0.15) is 18.0 Å². The van der Waals surface area contributed by atoms with Crippen molar-refractivity contribution >= 4 is 11.6 Å². The zero-order valence-electron chi connectivity index (χ0n) is 8.92. The first-order valence-electron chi connectivity index (χ1n) is 4.59. The smallest absolute Gasteiger partial charge is 0.133 e. The van der Waals surface area contributed by atoms with E-state index in [2.05, 4.69) is 9.97 Å². The van der Waals surface area contributed by atoms with Crippen LogP contribution >= 0.6 is 0 Å². The highest BCUT2D eigenvalue weighted by molar-refractivity contribution is 5.45. The van der Waals surface area contributed by atoms with Crippen LogP contribution in [0.5, 0.6) is 0 Å². The summed E-state index contributed by atoms with van der Waals surface area (Å²) in [6, 6.07) is 1.65. The van der Waals surface area contributed by atoms with Crippen LogP contribution in [-0.4, -0.2) is 48.5 Å². The predicted molar refractivity (Wildman–Crippen MR) is 57.6 cm³/mol. The molecule has 0 saturated carbocycles. The minimum Gasteiger partial charge on any atom is -0.389 e. The molecule has 1 unspecified atom stereocenters. The summed E-state index contributed by atoms with van der Waals surface area (Å²) in [4.78, 5) is 9.62. The largest absolute Gasteiger partial charge is 0.389 e. The standard InChI is InChI=1S/C9H16N4O2/c1-13(4-7(14)5-15-2)9-3-8(10)11-6-12-9/h3,6-7,14H,4-5H2,1-2H3,(H2,10,11,12). The molecule has 6 heteroatoms. The highest BCUT2D eigenvalue weighted by atomic mass is 16.5. The maximum absolute atomic E-state index is 9.51. The number of anilines is 2. The molecule has 1 atom stereocenters. The quantitative estimate of drug-likeness (QED) is 0.684. The first-order chi connectivity index (χ1) is 7.13. The summed E-state index contributed by atoms with van der Waals surface area (Å²) >= 11 is 0. The van der Waals surface area contributed by atoms with Crippen LogP contribution in [-0.2, 0) is 4.74 Å². The predicted octanol–water partition coefficient (Wildman–Crippen LogP) is -0.498. The number of likely N-dealkylation sites (N-methyl/N-ethyl adjacent to an activating group) is 1. The van der Waals surface area contributed by atoms with E-state index in [0.717, 1.165) is 0 Å². The number of aliphatic hydroxyl groups is 1. The Morgan fingerprint density at radius 2 is 2.33 bits per heavy atom. The zero-order valence-corrected chi connectivity index (χ0v) is 8.92. The molecule has 0 aliphatic heterocycles. The highest BCUT2D eigenvalue weighted by Gasteiger charge is 2.09. The molecule has 6 nitrogen and oxygen atoms in total. The lowest BCUT2D eigenvalue weighted by atomic mass is 10.3. The van der Waals surface area contributed by atoms with Crippen molar-refractivity contribution in [3.05, 3.63) is 12.4 Å². The average molecular weight is 212 g/mol. The molecule has 1 aromatic heterocycles. The number of rotatable bonds is 5. The minimum atomic E-state index is -0.545. The normalized spacial score (nSPS) is 12.5. The van der Waals surface area contributed by atoms with Crippen molar-refractivity contribution in [3.8, 4) is 0 Å². The molecule has 1 aromatic rings. The van der Waals surface area contributed by atoms with Gasteiger partial charge in [0.25, 0.3) is 0 Å². The summed E-state index contributed by atoms with van der Waals surface area (Å²) in [6.07, 6.45) is 0.848. The number of aliphatic hydroxyl groups excluding tert-OH is 1. The maximum Gasteiger partial charge on any atom is 0.133 e. The molecular formula is C9H16N4O2. The number of hydrogen-bond acceptors (Lipinski definition) is 6. The third kappa shape index (κ3) is 3.69. The fourth-order valence-corrected chi connectivity index (χ4v) is 1.22. The Balaban J connectivity index is 2.56. The third-order valence-corrected chi connectivity index (χ3v) is 1.91. The van der Waals surface area contributed by atoms with E-state index in [1.54, 1.807) is 18.1 Å². The van der Waals surface area contributed by atoms with Gasteiger partial charge in [0.15, 0.2) is 0 Å². The van der Waals surface area contributed by atoms with E-state index in [9.17, 15) is 5.11 Å². The Labute approximate surface area is 88.7 Å². The van der Waals surface area contributed by atoms with Crippen molar-refractivity contribution in [2.45, 2.75) is 6.10 Å². The molecule has 0 aliphatic rings. The molecule has 3 N–H and O–H groups in total. The summed E-state index contributed by atoms with van der Waals surface area (Å²) in [5, 5.41) is 9.51. The molecule has 84 valence electrons. The summed E-state index contributed by atoms with van der Waals surface area (Å²) in [6.45, 7) is 0.731. The van der Waals surface area contributed by atoms with Crippen LogP contribution in [0.15, 0.2) is 12.4 Å². The lowest BCUT2D eigenvalue weighted by Crippen LogP contribution is -2.32. The van der Waals surface area contributed by atoms with Gasteiger partial charge in [-0.2, -0.15) is 0 Å². The van der Waals surface area contributed by atoms with E-state index >= 15 is 0 Å². The van der Waals surface area contributed by atoms with E-state index < -0.39 is 6.10 Å². The minimum absolute atomic E-state index is 0.297. The number of nitrogen functional groups attached to an aromatic ring is 1. The number of nitrogens with zero attached hydrogens (tertiary/aromatic N) is 3. The molecule has 0 amide bonds. The lowest BCUT2D eigenvalue weighted by molar-refractivity contribution is 0.0694.